The maximum atomic E-state index is 11.0. The number of aromatic hydroxyl groups is 1. The molecule has 1 unspecified atom stereocenters. The van der Waals surface area contributed by atoms with Crippen molar-refractivity contribution in [3.05, 3.63) is 33.9 Å². The highest BCUT2D eigenvalue weighted by Crippen LogP contribution is 2.34. The number of anilines is 1. The van der Waals surface area contributed by atoms with E-state index in [2.05, 4.69) is 5.09 Å². The quantitative estimate of drug-likeness (QED) is 0.264. The van der Waals surface area contributed by atoms with Gasteiger partial charge in [-0.25, -0.2) is 10.1 Å². The number of rotatable bonds is 5. The standard InChI is InChI=1S/C8H12N3O5P/c9-17(15,16)10-8-2-1-7(12)5-6(8)3-4-11(13)14/h1-2,5,12H,3-4H2,(H4,9,10,15,16). The summed E-state index contributed by atoms with van der Waals surface area (Å²) in [6.07, 6.45) is 0.0176. The summed E-state index contributed by atoms with van der Waals surface area (Å²) in [4.78, 5) is 18.7. The molecule has 1 atom stereocenters. The van der Waals surface area contributed by atoms with Gasteiger partial charge in [-0.15, -0.1) is 0 Å². The zero-order valence-corrected chi connectivity index (χ0v) is 9.63. The Morgan fingerprint density at radius 2 is 2.18 bits per heavy atom. The molecule has 0 heterocycles. The monoisotopic (exact) mass is 261 g/mol. The summed E-state index contributed by atoms with van der Waals surface area (Å²) in [6.45, 7) is -0.349. The van der Waals surface area contributed by atoms with Crippen molar-refractivity contribution >= 4 is 13.4 Å². The Balaban J connectivity index is 2.95. The Labute approximate surface area is 96.8 Å². The van der Waals surface area contributed by atoms with Crippen molar-refractivity contribution in [2.45, 2.75) is 6.42 Å². The van der Waals surface area contributed by atoms with Gasteiger partial charge in [0.1, 0.15) is 5.75 Å². The highest BCUT2D eigenvalue weighted by molar-refractivity contribution is 7.57. The fraction of sp³-hybridized carbons (Fsp3) is 0.250. The molecule has 17 heavy (non-hydrogen) atoms. The highest BCUT2D eigenvalue weighted by atomic mass is 31.2. The zero-order valence-electron chi connectivity index (χ0n) is 8.74. The van der Waals surface area contributed by atoms with E-state index in [1.54, 1.807) is 0 Å². The first-order chi connectivity index (χ1) is 7.78. The molecule has 0 fully saturated rings. The molecule has 0 aliphatic rings. The number of phenolic OH excluding ortho intramolecular Hbond substituents is 1. The summed E-state index contributed by atoms with van der Waals surface area (Å²) < 4.78 is 11.0. The van der Waals surface area contributed by atoms with E-state index in [1.807, 2.05) is 0 Å². The molecular weight excluding hydrogens is 249 g/mol. The van der Waals surface area contributed by atoms with Crippen LogP contribution in [-0.4, -0.2) is 21.5 Å². The van der Waals surface area contributed by atoms with Gasteiger partial charge in [-0.1, -0.05) is 0 Å². The van der Waals surface area contributed by atoms with Crippen molar-refractivity contribution in [2.75, 3.05) is 11.6 Å². The maximum Gasteiger partial charge on any atom is 0.360 e. The van der Waals surface area contributed by atoms with E-state index in [4.69, 9.17) is 10.4 Å². The number of hydrogen-bond donors (Lipinski definition) is 4. The molecule has 0 amide bonds. The third-order valence-corrected chi connectivity index (χ3v) is 2.49. The van der Waals surface area contributed by atoms with Gasteiger partial charge < -0.3 is 15.1 Å². The van der Waals surface area contributed by atoms with Gasteiger partial charge in [0.2, 0.25) is 6.54 Å². The third-order valence-electron chi connectivity index (χ3n) is 1.93. The highest BCUT2D eigenvalue weighted by Gasteiger charge is 2.14. The smallest absolute Gasteiger partial charge is 0.360 e. The average Bonchev–Trinajstić information content (AvgIpc) is 2.16. The second-order valence-corrected chi connectivity index (χ2v) is 4.85. The minimum atomic E-state index is -3.98. The molecule has 0 spiro atoms. The van der Waals surface area contributed by atoms with Gasteiger partial charge in [0, 0.05) is 17.0 Å². The number of phenols is 1. The minimum absolute atomic E-state index is 0.0176. The summed E-state index contributed by atoms with van der Waals surface area (Å²) in [5, 5.41) is 21.6. The Morgan fingerprint density at radius 3 is 2.71 bits per heavy atom. The summed E-state index contributed by atoms with van der Waals surface area (Å²) in [6, 6.07) is 3.90. The Bertz CT molecular complexity index is 472. The summed E-state index contributed by atoms with van der Waals surface area (Å²) in [7, 11) is -3.98. The van der Waals surface area contributed by atoms with Crippen LogP contribution in [0.2, 0.25) is 0 Å². The molecule has 94 valence electrons. The van der Waals surface area contributed by atoms with E-state index in [1.165, 1.54) is 18.2 Å². The molecule has 0 aromatic heterocycles. The van der Waals surface area contributed by atoms with Crippen LogP contribution in [0, 0.1) is 10.1 Å². The number of benzene rings is 1. The van der Waals surface area contributed by atoms with E-state index < -0.39 is 12.6 Å². The van der Waals surface area contributed by atoms with Gasteiger partial charge >= 0.3 is 7.67 Å². The fourth-order valence-corrected chi connectivity index (χ4v) is 1.84. The molecule has 0 aliphatic heterocycles. The Kier molecular flexibility index (Phi) is 4.06. The van der Waals surface area contributed by atoms with E-state index >= 15 is 0 Å². The molecule has 0 bridgehead atoms. The van der Waals surface area contributed by atoms with Crippen LogP contribution in [0.25, 0.3) is 0 Å². The Morgan fingerprint density at radius 1 is 1.53 bits per heavy atom. The van der Waals surface area contributed by atoms with Gasteiger partial charge in [-0.05, 0) is 23.8 Å². The van der Waals surface area contributed by atoms with Crippen molar-refractivity contribution in [3.8, 4) is 5.75 Å². The lowest BCUT2D eigenvalue weighted by atomic mass is 10.1. The van der Waals surface area contributed by atoms with Gasteiger partial charge in [0.15, 0.2) is 0 Å². The SMILES string of the molecule is NP(=O)(O)Nc1ccc(O)cc1CC[N+](=O)[O-]. The topological polar surface area (TPSA) is 139 Å². The minimum Gasteiger partial charge on any atom is -0.508 e. The summed E-state index contributed by atoms with van der Waals surface area (Å²) in [5.41, 5.74) is 5.48. The molecule has 0 saturated heterocycles. The van der Waals surface area contributed by atoms with Gasteiger partial charge in [-0.2, -0.15) is 0 Å². The zero-order chi connectivity index (χ0) is 13.1. The third kappa shape index (κ3) is 4.81. The molecular formula is C8H12N3O5P. The molecule has 8 nitrogen and oxygen atoms in total. The van der Waals surface area contributed by atoms with E-state index in [-0.39, 0.29) is 24.4 Å². The lowest BCUT2D eigenvalue weighted by Gasteiger charge is -2.13. The molecule has 0 aliphatic carbocycles. The van der Waals surface area contributed by atoms with Gasteiger partial charge in [0.05, 0.1) is 0 Å². The largest absolute Gasteiger partial charge is 0.508 e. The van der Waals surface area contributed by atoms with Crippen molar-refractivity contribution in [2.24, 2.45) is 5.50 Å². The van der Waals surface area contributed by atoms with Crippen molar-refractivity contribution in [1.82, 2.24) is 0 Å². The summed E-state index contributed by atoms with van der Waals surface area (Å²) in [5.74, 6) is -0.0845. The predicted molar refractivity (Wildman–Crippen MR) is 61.3 cm³/mol. The molecule has 5 N–H and O–H groups in total. The van der Waals surface area contributed by atoms with E-state index in [0.29, 0.717) is 5.56 Å². The maximum absolute atomic E-state index is 11.0. The van der Waals surface area contributed by atoms with Gasteiger partial charge in [-0.3, -0.25) is 10.1 Å². The first-order valence-electron chi connectivity index (χ1n) is 4.61. The molecule has 1 rings (SSSR count). The number of nitro groups is 1. The number of nitrogens with two attached hydrogens (primary N) is 1. The predicted octanol–water partition coefficient (Wildman–Crippen LogP) is 0.682. The lowest BCUT2D eigenvalue weighted by Crippen LogP contribution is -2.09. The number of nitrogens with one attached hydrogen (secondary N) is 1. The van der Waals surface area contributed by atoms with Crippen LogP contribution < -0.4 is 10.6 Å². The first-order valence-corrected chi connectivity index (χ1v) is 6.34. The molecule has 1 aromatic rings. The second kappa shape index (κ2) is 5.13. The fourth-order valence-electron chi connectivity index (χ4n) is 1.28. The summed E-state index contributed by atoms with van der Waals surface area (Å²) >= 11 is 0. The Hall–Kier alpha value is -1.63. The van der Waals surface area contributed by atoms with Crippen molar-refractivity contribution < 1.29 is 19.5 Å². The van der Waals surface area contributed by atoms with Crippen molar-refractivity contribution in [1.29, 1.82) is 0 Å². The van der Waals surface area contributed by atoms with Crippen LogP contribution in [-0.2, 0) is 11.0 Å². The average molecular weight is 261 g/mol. The van der Waals surface area contributed by atoms with Crippen molar-refractivity contribution in [3.63, 3.8) is 0 Å². The van der Waals surface area contributed by atoms with Crippen LogP contribution in [0.5, 0.6) is 5.75 Å². The van der Waals surface area contributed by atoms with E-state index in [9.17, 15) is 19.8 Å². The van der Waals surface area contributed by atoms with Gasteiger partial charge in [0.25, 0.3) is 0 Å². The normalized spacial score (nSPS) is 14.0. The van der Waals surface area contributed by atoms with Crippen LogP contribution in [0.4, 0.5) is 5.69 Å². The van der Waals surface area contributed by atoms with Crippen LogP contribution in [0.15, 0.2) is 18.2 Å². The van der Waals surface area contributed by atoms with Crippen LogP contribution in [0.3, 0.4) is 0 Å². The van der Waals surface area contributed by atoms with Crippen LogP contribution >= 0.6 is 7.67 Å². The lowest BCUT2D eigenvalue weighted by molar-refractivity contribution is -0.479. The van der Waals surface area contributed by atoms with E-state index in [0.717, 1.165) is 0 Å². The second-order valence-electron chi connectivity index (χ2n) is 3.38. The number of nitrogens with zero attached hydrogens (tertiary/aromatic N) is 1. The molecule has 9 heteroatoms. The number of hydrogen-bond acceptors (Lipinski definition) is 4. The molecule has 0 radical (unpaired) electrons. The van der Waals surface area contributed by atoms with Crippen LogP contribution in [0.1, 0.15) is 5.56 Å². The first kappa shape index (κ1) is 13.4. The molecule has 1 aromatic carbocycles. The molecule has 0 saturated carbocycles.